The number of aromatic nitrogens is 5. The van der Waals surface area contributed by atoms with Gasteiger partial charge < -0.3 is 20.5 Å². The minimum atomic E-state index is -0.0876. The number of nitrogens with one attached hydrogen (secondary N) is 3. The van der Waals surface area contributed by atoms with Crippen LogP contribution in [-0.2, 0) is 11.8 Å². The number of carbonyl (C=O) groups excluding carboxylic acids is 1. The van der Waals surface area contributed by atoms with Gasteiger partial charge in [-0.05, 0) is 12.5 Å². The van der Waals surface area contributed by atoms with Crippen molar-refractivity contribution < 1.29 is 4.79 Å². The Kier molecular flexibility index (Phi) is 4.41. The number of aromatic amines is 1. The van der Waals surface area contributed by atoms with Gasteiger partial charge in [0.2, 0.25) is 11.9 Å². The summed E-state index contributed by atoms with van der Waals surface area (Å²) in [5.41, 5.74) is 1.77. The second-order valence-corrected chi connectivity index (χ2v) is 6.58. The van der Waals surface area contributed by atoms with Crippen LogP contribution in [0.15, 0.2) is 31.2 Å². The van der Waals surface area contributed by atoms with Crippen molar-refractivity contribution in [1.29, 1.82) is 5.26 Å². The van der Waals surface area contributed by atoms with Gasteiger partial charge in [-0.3, -0.25) is 9.48 Å². The normalized spacial score (nSPS) is 16.1. The SMILES string of the molecule is C=CC(=O)N1CCC(Nc2nc(Nc3cnn(C)c3)nc3[nH]cc(C#N)c23)C1. The molecular weight excluding hydrogens is 358 g/mol. The van der Waals surface area contributed by atoms with E-state index in [4.69, 9.17) is 0 Å². The van der Waals surface area contributed by atoms with Crippen molar-refractivity contribution >= 4 is 34.4 Å². The molecule has 1 atom stereocenters. The van der Waals surface area contributed by atoms with Crippen molar-refractivity contribution in [3.8, 4) is 6.07 Å². The summed E-state index contributed by atoms with van der Waals surface area (Å²) in [6.07, 6.45) is 7.20. The molecule has 0 bridgehead atoms. The largest absolute Gasteiger partial charge is 0.365 e. The van der Waals surface area contributed by atoms with E-state index >= 15 is 0 Å². The summed E-state index contributed by atoms with van der Waals surface area (Å²) in [5, 5.41) is 20.7. The third-order valence-electron chi connectivity index (χ3n) is 4.63. The number of H-pyrrole nitrogens is 1. The van der Waals surface area contributed by atoms with Crippen LogP contribution in [0.3, 0.4) is 0 Å². The number of fused-ring (bicyclic) bond motifs is 1. The number of likely N-dealkylation sites (tertiary alicyclic amines) is 1. The number of rotatable bonds is 5. The van der Waals surface area contributed by atoms with Gasteiger partial charge in [-0.2, -0.15) is 20.3 Å². The lowest BCUT2D eigenvalue weighted by molar-refractivity contribution is -0.125. The fourth-order valence-corrected chi connectivity index (χ4v) is 3.30. The Morgan fingerprint density at radius 3 is 3.07 bits per heavy atom. The fourth-order valence-electron chi connectivity index (χ4n) is 3.30. The van der Waals surface area contributed by atoms with Crippen LogP contribution in [0.25, 0.3) is 11.0 Å². The van der Waals surface area contributed by atoms with Gasteiger partial charge >= 0.3 is 0 Å². The molecule has 0 saturated carbocycles. The molecular formula is C18H19N9O. The zero-order chi connectivity index (χ0) is 19.7. The molecule has 142 valence electrons. The number of aryl methyl sites for hydroxylation is 1. The molecule has 4 rings (SSSR count). The first kappa shape index (κ1) is 17.5. The smallest absolute Gasteiger partial charge is 0.246 e. The predicted molar refractivity (Wildman–Crippen MR) is 104 cm³/mol. The Bertz CT molecular complexity index is 1090. The molecule has 0 aliphatic carbocycles. The van der Waals surface area contributed by atoms with Crippen LogP contribution in [-0.4, -0.2) is 54.7 Å². The lowest BCUT2D eigenvalue weighted by atomic mass is 10.2. The molecule has 0 radical (unpaired) electrons. The molecule has 28 heavy (non-hydrogen) atoms. The molecule has 1 aliphatic heterocycles. The van der Waals surface area contributed by atoms with E-state index in [9.17, 15) is 10.1 Å². The number of carbonyl (C=O) groups is 1. The molecule has 3 aromatic rings. The molecule has 0 aromatic carbocycles. The molecule has 3 aromatic heterocycles. The summed E-state index contributed by atoms with van der Waals surface area (Å²) in [6.45, 7) is 4.73. The number of nitrogens with zero attached hydrogens (tertiary/aromatic N) is 6. The Morgan fingerprint density at radius 2 is 2.36 bits per heavy atom. The van der Waals surface area contributed by atoms with Crippen LogP contribution in [0.5, 0.6) is 0 Å². The fraction of sp³-hybridized carbons (Fsp3) is 0.278. The maximum absolute atomic E-state index is 11.8. The zero-order valence-corrected chi connectivity index (χ0v) is 15.3. The highest BCUT2D eigenvalue weighted by molar-refractivity contribution is 5.94. The van der Waals surface area contributed by atoms with E-state index in [0.717, 1.165) is 12.1 Å². The van der Waals surface area contributed by atoms with Crippen LogP contribution in [0, 0.1) is 11.3 Å². The molecule has 3 N–H and O–H groups in total. The molecule has 0 spiro atoms. The van der Waals surface area contributed by atoms with E-state index in [1.54, 1.807) is 22.0 Å². The third-order valence-corrected chi connectivity index (χ3v) is 4.63. The van der Waals surface area contributed by atoms with Crippen LogP contribution < -0.4 is 10.6 Å². The highest BCUT2D eigenvalue weighted by atomic mass is 16.2. The highest BCUT2D eigenvalue weighted by Gasteiger charge is 2.26. The quantitative estimate of drug-likeness (QED) is 0.575. The average molecular weight is 377 g/mol. The van der Waals surface area contributed by atoms with Gasteiger partial charge in [-0.25, -0.2) is 0 Å². The minimum Gasteiger partial charge on any atom is -0.365 e. The van der Waals surface area contributed by atoms with Crippen molar-refractivity contribution in [3.05, 3.63) is 36.8 Å². The van der Waals surface area contributed by atoms with Gasteiger partial charge in [0, 0.05) is 38.6 Å². The standard InChI is InChI=1S/C18H19N9O/c1-3-14(28)27-5-4-12(10-27)22-17-15-11(6-19)7-20-16(15)24-18(25-17)23-13-8-21-26(2)9-13/h3,7-9,12H,1,4-5,10H2,2H3,(H3,20,22,23,24,25). The van der Waals surface area contributed by atoms with Gasteiger partial charge in [0.25, 0.3) is 0 Å². The Labute approximate surface area is 160 Å². The Hall–Kier alpha value is -3.87. The molecule has 10 heteroatoms. The first-order valence-electron chi connectivity index (χ1n) is 8.80. The summed E-state index contributed by atoms with van der Waals surface area (Å²) in [4.78, 5) is 25.6. The summed E-state index contributed by atoms with van der Waals surface area (Å²) in [7, 11) is 1.82. The molecule has 1 aliphatic rings. The van der Waals surface area contributed by atoms with Crippen molar-refractivity contribution in [2.75, 3.05) is 23.7 Å². The molecule has 1 fully saturated rings. The molecule has 1 unspecified atom stereocenters. The van der Waals surface area contributed by atoms with Gasteiger partial charge in [-0.15, -0.1) is 0 Å². The summed E-state index contributed by atoms with van der Waals surface area (Å²) in [6, 6.07) is 2.18. The topological polar surface area (TPSA) is 128 Å². The van der Waals surface area contributed by atoms with E-state index in [0.29, 0.717) is 41.5 Å². The molecule has 10 nitrogen and oxygen atoms in total. The summed E-state index contributed by atoms with van der Waals surface area (Å²) >= 11 is 0. The zero-order valence-electron chi connectivity index (χ0n) is 15.3. The van der Waals surface area contributed by atoms with E-state index in [-0.39, 0.29) is 11.9 Å². The van der Waals surface area contributed by atoms with E-state index in [1.807, 2.05) is 13.2 Å². The first-order chi connectivity index (χ1) is 13.6. The van der Waals surface area contributed by atoms with Crippen LogP contribution >= 0.6 is 0 Å². The third kappa shape index (κ3) is 3.25. The predicted octanol–water partition coefficient (Wildman–Crippen LogP) is 1.51. The molecule has 1 saturated heterocycles. The summed E-state index contributed by atoms with van der Waals surface area (Å²) in [5.74, 6) is 0.842. The first-order valence-corrected chi connectivity index (χ1v) is 8.80. The maximum Gasteiger partial charge on any atom is 0.246 e. The van der Waals surface area contributed by atoms with Crippen molar-refractivity contribution in [3.63, 3.8) is 0 Å². The second kappa shape index (κ2) is 7.03. The van der Waals surface area contributed by atoms with Crippen molar-refractivity contribution in [2.24, 2.45) is 7.05 Å². The molecule has 4 heterocycles. The van der Waals surface area contributed by atoms with E-state index < -0.39 is 0 Å². The lowest BCUT2D eigenvalue weighted by Gasteiger charge is -2.17. The van der Waals surface area contributed by atoms with Gasteiger partial charge in [0.05, 0.1) is 22.8 Å². The van der Waals surface area contributed by atoms with Crippen LogP contribution in [0.4, 0.5) is 17.5 Å². The van der Waals surface area contributed by atoms with Crippen LogP contribution in [0.1, 0.15) is 12.0 Å². The number of amides is 1. The number of nitriles is 1. The van der Waals surface area contributed by atoms with Crippen molar-refractivity contribution in [2.45, 2.75) is 12.5 Å². The van der Waals surface area contributed by atoms with Gasteiger partial charge in [0.15, 0.2) is 0 Å². The second-order valence-electron chi connectivity index (χ2n) is 6.58. The molecule has 1 amide bonds. The number of anilines is 3. The highest BCUT2D eigenvalue weighted by Crippen LogP contribution is 2.28. The monoisotopic (exact) mass is 377 g/mol. The lowest BCUT2D eigenvalue weighted by Crippen LogP contribution is -2.30. The van der Waals surface area contributed by atoms with E-state index in [2.05, 4.69) is 43.3 Å². The van der Waals surface area contributed by atoms with Crippen molar-refractivity contribution in [1.82, 2.24) is 29.6 Å². The summed E-state index contributed by atoms with van der Waals surface area (Å²) < 4.78 is 1.67. The number of hydrogen-bond acceptors (Lipinski definition) is 7. The van der Waals surface area contributed by atoms with Crippen LogP contribution in [0.2, 0.25) is 0 Å². The minimum absolute atomic E-state index is 0.0229. The maximum atomic E-state index is 11.8. The van der Waals surface area contributed by atoms with Gasteiger partial charge in [0.1, 0.15) is 17.5 Å². The van der Waals surface area contributed by atoms with Gasteiger partial charge in [-0.1, -0.05) is 6.58 Å². The average Bonchev–Trinajstić information content (AvgIpc) is 3.41. The number of hydrogen-bond donors (Lipinski definition) is 3. The Balaban J connectivity index is 1.65. The van der Waals surface area contributed by atoms with E-state index in [1.165, 1.54) is 6.08 Å². The Morgan fingerprint density at radius 1 is 1.50 bits per heavy atom.